The average molecular weight is 268 g/mol. The van der Waals surface area contributed by atoms with Crippen molar-refractivity contribution < 1.29 is 4.74 Å². The molecule has 0 aliphatic heterocycles. The van der Waals surface area contributed by atoms with Gasteiger partial charge in [-0.1, -0.05) is 12.1 Å². The van der Waals surface area contributed by atoms with E-state index in [4.69, 9.17) is 10.5 Å². The second-order valence-corrected chi connectivity index (χ2v) is 4.36. The maximum atomic E-state index is 5.52. The topological polar surface area (TPSA) is 64.6 Å². The molecule has 2 heterocycles. The number of ether oxygens (including phenoxy) is 1. The molecule has 5 heteroatoms. The van der Waals surface area contributed by atoms with E-state index in [1.807, 2.05) is 53.1 Å². The van der Waals surface area contributed by atoms with Crippen molar-refractivity contribution in [1.29, 1.82) is 0 Å². The van der Waals surface area contributed by atoms with Crippen molar-refractivity contribution in [3.63, 3.8) is 0 Å². The van der Waals surface area contributed by atoms with Gasteiger partial charge in [-0.3, -0.25) is 4.40 Å². The molecule has 5 nitrogen and oxygen atoms in total. The summed E-state index contributed by atoms with van der Waals surface area (Å²) in [6.45, 7) is 1.02. The summed E-state index contributed by atoms with van der Waals surface area (Å²) in [5.41, 5.74) is 7.30. The normalized spacial score (nSPS) is 10.7. The molecule has 0 bridgehead atoms. The smallest absolute Gasteiger partial charge is 0.138 e. The van der Waals surface area contributed by atoms with Crippen molar-refractivity contribution in [2.75, 3.05) is 18.5 Å². The second kappa shape index (κ2) is 5.63. The van der Waals surface area contributed by atoms with E-state index in [9.17, 15) is 0 Å². The van der Waals surface area contributed by atoms with Gasteiger partial charge in [-0.15, -0.1) is 0 Å². The van der Waals surface area contributed by atoms with Crippen LogP contribution in [0, 0.1) is 0 Å². The zero-order valence-corrected chi connectivity index (χ0v) is 11.0. The van der Waals surface area contributed by atoms with Crippen molar-refractivity contribution in [2.45, 2.75) is 0 Å². The van der Waals surface area contributed by atoms with Gasteiger partial charge in [0.2, 0.25) is 0 Å². The summed E-state index contributed by atoms with van der Waals surface area (Å²) in [4.78, 5) is 4.26. The first-order chi connectivity index (χ1) is 9.86. The molecule has 0 atom stereocenters. The van der Waals surface area contributed by atoms with E-state index in [1.54, 1.807) is 6.20 Å². The van der Waals surface area contributed by atoms with Gasteiger partial charge in [0.25, 0.3) is 0 Å². The van der Waals surface area contributed by atoms with Crippen LogP contribution in [0.5, 0.6) is 5.75 Å². The van der Waals surface area contributed by atoms with Gasteiger partial charge < -0.3 is 15.8 Å². The first-order valence-corrected chi connectivity index (χ1v) is 6.49. The Morgan fingerprint density at radius 1 is 1.20 bits per heavy atom. The van der Waals surface area contributed by atoms with Crippen LogP contribution in [0.1, 0.15) is 0 Å². The summed E-state index contributed by atoms with van der Waals surface area (Å²) in [6, 6.07) is 13.7. The van der Waals surface area contributed by atoms with Gasteiger partial charge in [0.1, 0.15) is 23.8 Å². The molecule has 0 aliphatic carbocycles. The third-order valence-corrected chi connectivity index (χ3v) is 2.92. The standard InChI is InChI=1S/C15H16N4O/c16-7-10-20-13-4-1-3-12(11-13)18-15-6-2-5-14-17-8-9-19(14)15/h1-6,8-9,11,18H,7,10,16H2. The highest BCUT2D eigenvalue weighted by Crippen LogP contribution is 2.22. The first-order valence-electron chi connectivity index (χ1n) is 6.49. The fourth-order valence-corrected chi connectivity index (χ4v) is 2.04. The van der Waals surface area contributed by atoms with Gasteiger partial charge in [-0.25, -0.2) is 4.98 Å². The molecule has 0 aliphatic rings. The number of aromatic nitrogens is 2. The average Bonchev–Trinajstić information content (AvgIpc) is 2.95. The fourth-order valence-electron chi connectivity index (χ4n) is 2.04. The van der Waals surface area contributed by atoms with Crippen molar-refractivity contribution in [3.8, 4) is 5.75 Å². The lowest BCUT2D eigenvalue weighted by molar-refractivity contribution is 0.328. The van der Waals surface area contributed by atoms with Crippen LogP contribution in [0.4, 0.5) is 11.5 Å². The predicted octanol–water partition coefficient (Wildman–Crippen LogP) is 2.42. The minimum Gasteiger partial charge on any atom is -0.492 e. The van der Waals surface area contributed by atoms with Gasteiger partial charge >= 0.3 is 0 Å². The van der Waals surface area contributed by atoms with Crippen LogP contribution in [0.2, 0.25) is 0 Å². The molecule has 3 N–H and O–H groups in total. The summed E-state index contributed by atoms with van der Waals surface area (Å²) >= 11 is 0. The zero-order chi connectivity index (χ0) is 13.8. The number of fused-ring (bicyclic) bond motifs is 1. The molecule has 0 saturated carbocycles. The molecule has 2 aromatic heterocycles. The van der Waals surface area contributed by atoms with E-state index in [0.29, 0.717) is 13.2 Å². The van der Waals surface area contributed by atoms with Crippen LogP contribution in [-0.2, 0) is 0 Å². The monoisotopic (exact) mass is 268 g/mol. The fraction of sp³-hybridized carbons (Fsp3) is 0.133. The highest BCUT2D eigenvalue weighted by Gasteiger charge is 2.02. The highest BCUT2D eigenvalue weighted by atomic mass is 16.5. The van der Waals surface area contributed by atoms with E-state index in [-0.39, 0.29) is 0 Å². The minimum absolute atomic E-state index is 0.506. The summed E-state index contributed by atoms with van der Waals surface area (Å²) < 4.78 is 7.52. The largest absolute Gasteiger partial charge is 0.492 e. The van der Waals surface area contributed by atoms with Crippen LogP contribution in [0.15, 0.2) is 54.9 Å². The highest BCUT2D eigenvalue weighted by molar-refractivity contribution is 5.61. The third-order valence-electron chi connectivity index (χ3n) is 2.92. The number of rotatable bonds is 5. The second-order valence-electron chi connectivity index (χ2n) is 4.36. The Hall–Kier alpha value is -2.53. The summed E-state index contributed by atoms with van der Waals surface area (Å²) in [6.07, 6.45) is 3.70. The van der Waals surface area contributed by atoms with Crippen molar-refractivity contribution >= 4 is 17.2 Å². The molecular formula is C15H16N4O. The summed E-state index contributed by atoms with van der Waals surface area (Å²) in [5, 5.41) is 3.36. The number of imidazole rings is 1. The molecule has 0 saturated heterocycles. The number of hydrogen-bond donors (Lipinski definition) is 2. The quantitative estimate of drug-likeness (QED) is 0.746. The van der Waals surface area contributed by atoms with Gasteiger partial charge in [-0.05, 0) is 24.3 Å². The van der Waals surface area contributed by atoms with Crippen molar-refractivity contribution in [1.82, 2.24) is 9.38 Å². The molecule has 0 radical (unpaired) electrons. The molecule has 3 aromatic rings. The van der Waals surface area contributed by atoms with E-state index in [1.165, 1.54) is 0 Å². The lowest BCUT2D eigenvalue weighted by atomic mass is 10.3. The molecule has 0 unspecified atom stereocenters. The molecule has 0 amide bonds. The summed E-state index contributed by atoms with van der Waals surface area (Å²) in [7, 11) is 0. The van der Waals surface area contributed by atoms with Crippen LogP contribution < -0.4 is 15.8 Å². The Balaban J connectivity index is 1.85. The third kappa shape index (κ3) is 2.57. The van der Waals surface area contributed by atoms with E-state index >= 15 is 0 Å². The van der Waals surface area contributed by atoms with E-state index < -0.39 is 0 Å². The Kier molecular flexibility index (Phi) is 3.52. The maximum Gasteiger partial charge on any atom is 0.138 e. The van der Waals surface area contributed by atoms with E-state index in [2.05, 4.69) is 10.3 Å². The summed E-state index contributed by atoms with van der Waals surface area (Å²) in [5.74, 6) is 1.76. The Morgan fingerprint density at radius 3 is 3.00 bits per heavy atom. The van der Waals surface area contributed by atoms with Crippen LogP contribution >= 0.6 is 0 Å². The molecule has 102 valence electrons. The number of nitrogens with two attached hydrogens (primary N) is 1. The SMILES string of the molecule is NCCOc1cccc(Nc2cccc3nccn23)c1. The Morgan fingerprint density at radius 2 is 2.10 bits per heavy atom. The minimum atomic E-state index is 0.506. The molecule has 0 spiro atoms. The predicted molar refractivity (Wildman–Crippen MR) is 79.5 cm³/mol. The molecule has 1 aromatic carbocycles. The van der Waals surface area contributed by atoms with Crippen LogP contribution in [0.3, 0.4) is 0 Å². The zero-order valence-electron chi connectivity index (χ0n) is 11.0. The lowest BCUT2D eigenvalue weighted by Gasteiger charge is -2.11. The number of anilines is 2. The number of nitrogens with zero attached hydrogens (tertiary/aromatic N) is 2. The number of hydrogen-bond acceptors (Lipinski definition) is 4. The molecule has 0 fully saturated rings. The first kappa shape index (κ1) is 12.5. The Labute approximate surface area is 117 Å². The van der Waals surface area contributed by atoms with Crippen LogP contribution in [0.25, 0.3) is 5.65 Å². The van der Waals surface area contributed by atoms with Gasteiger partial charge in [-0.2, -0.15) is 0 Å². The number of benzene rings is 1. The Bertz CT molecular complexity index is 708. The maximum absolute atomic E-state index is 5.52. The van der Waals surface area contributed by atoms with Gasteiger partial charge in [0, 0.05) is 30.7 Å². The van der Waals surface area contributed by atoms with Crippen molar-refractivity contribution in [2.24, 2.45) is 5.73 Å². The lowest BCUT2D eigenvalue weighted by Crippen LogP contribution is -2.10. The van der Waals surface area contributed by atoms with Crippen molar-refractivity contribution in [3.05, 3.63) is 54.9 Å². The van der Waals surface area contributed by atoms with Gasteiger partial charge in [0.15, 0.2) is 0 Å². The molecule has 20 heavy (non-hydrogen) atoms. The molecule has 3 rings (SSSR count). The number of pyridine rings is 1. The van der Waals surface area contributed by atoms with Crippen LogP contribution in [-0.4, -0.2) is 22.5 Å². The van der Waals surface area contributed by atoms with Gasteiger partial charge in [0.05, 0.1) is 0 Å². The number of nitrogens with one attached hydrogen (secondary N) is 1. The molecular weight excluding hydrogens is 252 g/mol. The van der Waals surface area contributed by atoms with E-state index in [0.717, 1.165) is 22.9 Å².